The summed E-state index contributed by atoms with van der Waals surface area (Å²) < 4.78 is 11.3. The van der Waals surface area contributed by atoms with E-state index >= 15 is 0 Å². The van der Waals surface area contributed by atoms with E-state index < -0.39 is 0 Å². The van der Waals surface area contributed by atoms with Crippen molar-refractivity contribution in [2.24, 2.45) is 0 Å². The number of hydrogen-bond acceptors (Lipinski definition) is 3. The van der Waals surface area contributed by atoms with Crippen LogP contribution < -0.4 is 14.8 Å². The number of hydrogen-bond donors (Lipinski definition) is 1. The van der Waals surface area contributed by atoms with E-state index in [-0.39, 0.29) is 5.91 Å². The van der Waals surface area contributed by atoms with Crippen LogP contribution in [0.25, 0.3) is 6.08 Å². The number of para-hydroxylation sites is 1. The first-order valence-electron chi connectivity index (χ1n) is 8.33. The molecule has 4 nitrogen and oxygen atoms in total. The van der Waals surface area contributed by atoms with Crippen LogP contribution in [0.1, 0.15) is 24.5 Å². The summed E-state index contributed by atoms with van der Waals surface area (Å²) in [6.45, 7) is 3.23. The van der Waals surface area contributed by atoms with Crippen molar-refractivity contribution in [1.82, 2.24) is 0 Å². The molecule has 0 aliphatic carbocycles. The van der Waals surface area contributed by atoms with Gasteiger partial charge in [0, 0.05) is 18.2 Å². The molecule has 1 aliphatic rings. The first-order valence-corrected chi connectivity index (χ1v) is 8.71. The molecule has 1 heterocycles. The Bertz CT molecular complexity index is 802. The molecular weight excluding hydrogens is 338 g/mol. The van der Waals surface area contributed by atoms with Crippen molar-refractivity contribution < 1.29 is 14.3 Å². The number of ether oxygens (including phenoxy) is 2. The minimum absolute atomic E-state index is 0.191. The zero-order valence-corrected chi connectivity index (χ0v) is 14.8. The summed E-state index contributed by atoms with van der Waals surface area (Å²) in [5.74, 6) is 0.989. The summed E-state index contributed by atoms with van der Waals surface area (Å²) in [6, 6.07) is 11.4. The molecule has 130 valence electrons. The zero-order chi connectivity index (χ0) is 17.6. The largest absolute Gasteiger partial charge is 0.489 e. The molecule has 2 aromatic rings. The smallest absolute Gasteiger partial charge is 0.248 e. The summed E-state index contributed by atoms with van der Waals surface area (Å²) >= 11 is 6.27. The van der Waals surface area contributed by atoms with E-state index in [1.165, 1.54) is 6.08 Å². The Labute approximate surface area is 152 Å². The molecule has 0 aromatic heterocycles. The fourth-order valence-electron chi connectivity index (χ4n) is 2.64. The van der Waals surface area contributed by atoms with E-state index in [0.717, 1.165) is 29.7 Å². The summed E-state index contributed by atoms with van der Waals surface area (Å²) in [7, 11) is 0. The fraction of sp³-hybridized carbons (Fsp3) is 0.250. The van der Waals surface area contributed by atoms with Gasteiger partial charge < -0.3 is 14.8 Å². The van der Waals surface area contributed by atoms with Crippen molar-refractivity contribution in [3.8, 4) is 11.5 Å². The van der Waals surface area contributed by atoms with Crippen molar-refractivity contribution in [2.75, 3.05) is 18.5 Å². The minimum Gasteiger partial charge on any atom is -0.489 e. The number of carbonyl (C=O) groups is 1. The number of benzene rings is 2. The van der Waals surface area contributed by atoms with Crippen LogP contribution in [-0.2, 0) is 11.2 Å². The van der Waals surface area contributed by atoms with Crippen molar-refractivity contribution in [2.45, 2.75) is 19.8 Å². The molecule has 0 saturated heterocycles. The highest BCUT2D eigenvalue weighted by Crippen LogP contribution is 2.38. The molecule has 0 spiro atoms. The van der Waals surface area contributed by atoms with Crippen molar-refractivity contribution in [3.05, 3.63) is 58.6 Å². The number of nitrogens with one attached hydrogen (secondary N) is 1. The lowest BCUT2D eigenvalue weighted by Crippen LogP contribution is -2.09. The Balaban J connectivity index is 1.74. The molecule has 1 amide bonds. The van der Waals surface area contributed by atoms with Crippen molar-refractivity contribution in [1.29, 1.82) is 0 Å². The monoisotopic (exact) mass is 357 g/mol. The Morgan fingerprint density at radius 2 is 2.04 bits per heavy atom. The van der Waals surface area contributed by atoms with E-state index in [2.05, 4.69) is 12.2 Å². The quantitative estimate of drug-likeness (QED) is 0.806. The molecule has 0 radical (unpaired) electrons. The first-order chi connectivity index (χ1) is 12.2. The zero-order valence-electron chi connectivity index (χ0n) is 14.0. The molecule has 0 atom stereocenters. The molecule has 2 aromatic carbocycles. The topological polar surface area (TPSA) is 47.6 Å². The highest BCUT2D eigenvalue weighted by atomic mass is 35.5. The van der Waals surface area contributed by atoms with Gasteiger partial charge in [0.1, 0.15) is 0 Å². The number of aryl methyl sites for hydroxylation is 1. The van der Waals surface area contributed by atoms with E-state index in [1.807, 2.05) is 30.3 Å². The van der Waals surface area contributed by atoms with Gasteiger partial charge in [0.15, 0.2) is 11.5 Å². The van der Waals surface area contributed by atoms with Crippen LogP contribution in [-0.4, -0.2) is 19.1 Å². The molecular formula is C20H20ClNO3. The standard InChI is InChI=1S/C20H20ClNO3/c1-2-15-6-3-4-7-17(15)22-19(23)9-8-14-12-16(21)20-18(13-14)24-10-5-11-25-20/h3-4,6-9,12-13H,2,5,10-11H2,1H3,(H,22,23)/b9-8+. The summed E-state index contributed by atoms with van der Waals surface area (Å²) in [5, 5.41) is 3.39. The predicted octanol–water partition coefficient (Wildman–Crippen LogP) is 4.72. The van der Waals surface area contributed by atoms with Gasteiger partial charge >= 0.3 is 0 Å². The minimum atomic E-state index is -0.191. The molecule has 0 saturated carbocycles. The number of halogens is 1. The van der Waals surface area contributed by atoms with Gasteiger partial charge in [-0.25, -0.2) is 0 Å². The van der Waals surface area contributed by atoms with Crippen LogP contribution in [0.15, 0.2) is 42.5 Å². The summed E-state index contributed by atoms with van der Waals surface area (Å²) in [6.07, 6.45) is 4.87. The van der Waals surface area contributed by atoms with Crippen molar-refractivity contribution in [3.63, 3.8) is 0 Å². The number of fused-ring (bicyclic) bond motifs is 1. The molecule has 25 heavy (non-hydrogen) atoms. The number of anilines is 1. The number of amides is 1. The van der Waals surface area contributed by atoms with Gasteiger partial charge in [0.05, 0.1) is 18.2 Å². The third-order valence-corrected chi connectivity index (χ3v) is 4.19. The SMILES string of the molecule is CCc1ccccc1NC(=O)/C=C/c1cc(Cl)c2c(c1)OCCCO2. The maximum absolute atomic E-state index is 12.2. The second kappa shape index (κ2) is 8.08. The maximum Gasteiger partial charge on any atom is 0.248 e. The molecule has 1 aliphatic heterocycles. The van der Waals surface area contributed by atoms with Crippen LogP contribution in [0.4, 0.5) is 5.69 Å². The Kier molecular flexibility index (Phi) is 5.61. The molecule has 1 N–H and O–H groups in total. The van der Waals surface area contributed by atoms with Gasteiger partial charge in [0.2, 0.25) is 5.91 Å². The van der Waals surface area contributed by atoms with Crippen LogP contribution in [0.3, 0.4) is 0 Å². The normalized spacial score (nSPS) is 13.5. The summed E-state index contributed by atoms with van der Waals surface area (Å²) in [4.78, 5) is 12.2. The third kappa shape index (κ3) is 4.34. The lowest BCUT2D eigenvalue weighted by Gasteiger charge is -2.10. The van der Waals surface area contributed by atoms with Crippen LogP contribution >= 0.6 is 11.6 Å². The second-order valence-electron chi connectivity index (χ2n) is 5.71. The highest BCUT2D eigenvalue weighted by Gasteiger charge is 2.15. The average Bonchev–Trinajstić information content (AvgIpc) is 2.86. The van der Waals surface area contributed by atoms with Crippen molar-refractivity contribution >= 4 is 29.3 Å². The molecule has 0 bridgehead atoms. The fourth-order valence-corrected chi connectivity index (χ4v) is 2.92. The highest BCUT2D eigenvalue weighted by molar-refractivity contribution is 6.32. The van der Waals surface area contributed by atoms with E-state index in [9.17, 15) is 4.79 Å². The average molecular weight is 358 g/mol. The van der Waals surface area contributed by atoms with Gasteiger partial charge in [-0.1, -0.05) is 36.7 Å². The van der Waals surface area contributed by atoms with Gasteiger partial charge in [-0.3, -0.25) is 4.79 Å². The summed E-state index contributed by atoms with van der Waals surface area (Å²) in [5.41, 5.74) is 2.72. The molecule has 3 rings (SSSR count). The Morgan fingerprint density at radius 1 is 1.24 bits per heavy atom. The molecule has 0 unspecified atom stereocenters. The predicted molar refractivity (Wildman–Crippen MR) is 101 cm³/mol. The molecule has 5 heteroatoms. The Morgan fingerprint density at radius 3 is 2.88 bits per heavy atom. The van der Waals surface area contributed by atoms with Gasteiger partial charge in [-0.05, 0) is 41.8 Å². The van der Waals surface area contributed by atoms with Crippen LogP contribution in [0.2, 0.25) is 5.02 Å². The third-order valence-electron chi connectivity index (χ3n) is 3.91. The van der Waals surface area contributed by atoms with E-state index in [4.69, 9.17) is 21.1 Å². The van der Waals surface area contributed by atoms with Crippen LogP contribution in [0, 0.1) is 0 Å². The number of carbonyl (C=O) groups excluding carboxylic acids is 1. The first kappa shape index (κ1) is 17.4. The van der Waals surface area contributed by atoms with Gasteiger partial charge in [0.25, 0.3) is 0 Å². The lowest BCUT2D eigenvalue weighted by molar-refractivity contribution is -0.111. The van der Waals surface area contributed by atoms with Crippen LogP contribution in [0.5, 0.6) is 11.5 Å². The number of rotatable bonds is 4. The molecule has 0 fully saturated rings. The van der Waals surface area contributed by atoms with E-state index in [1.54, 1.807) is 12.1 Å². The van der Waals surface area contributed by atoms with E-state index in [0.29, 0.717) is 29.7 Å². The van der Waals surface area contributed by atoms with Gasteiger partial charge in [-0.15, -0.1) is 0 Å². The Hall–Kier alpha value is -2.46. The maximum atomic E-state index is 12.2. The van der Waals surface area contributed by atoms with Gasteiger partial charge in [-0.2, -0.15) is 0 Å². The second-order valence-corrected chi connectivity index (χ2v) is 6.12. The lowest BCUT2D eigenvalue weighted by atomic mass is 10.1.